The van der Waals surface area contributed by atoms with E-state index in [2.05, 4.69) is 12.2 Å². The Kier molecular flexibility index (Phi) is 5.66. The van der Waals surface area contributed by atoms with E-state index in [1.807, 2.05) is 32.0 Å². The van der Waals surface area contributed by atoms with E-state index in [0.29, 0.717) is 30.5 Å². The fraction of sp³-hybridized carbons (Fsp3) is 0.588. The summed E-state index contributed by atoms with van der Waals surface area (Å²) in [6.07, 6.45) is 2.01. The molecule has 5 nitrogen and oxygen atoms in total. The first-order valence-corrected chi connectivity index (χ1v) is 7.98. The molecule has 1 aliphatic heterocycles. The molecular formula is C17H26N2O3. The van der Waals surface area contributed by atoms with Crippen molar-refractivity contribution in [2.24, 2.45) is 5.92 Å². The van der Waals surface area contributed by atoms with Crippen molar-refractivity contribution in [3.8, 4) is 5.75 Å². The molecule has 1 aromatic carbocycles. The highest BCUT2D eigenvalue weighted by Gasteiger charge is 2.31. The number of rotatable bonds is 4. The molecule has 2 N–H and O–H groups in total. The first-order chi connectivity index (χ1) is 10.6. The van der Waals surface area contributed by atoms with Crippen LogP contribution in [0.2, 0.25) is 0 Å². The van der Waals surface area contributed by atoms with Gasteiger partial charge in [-0.2, -0.15) is 0 Å². The van der Waals surface area contributed by atoms with Gasteiger partial charge in [0.25, 0.3) is 0 Å². The fourth-order valence-electron chi connectivity index (χ4n) is 2.97. The highest BCUT2D eigenvalue weighted by molar-refractivity contribution is 5.91. The molecule has 2 amide bonds. The molecule has 0 spiro atoms. The van der Waals surface area contributed by atoms with Crippen LogP contribution in [0.5, 0.6) is 5.75 Å². The highest BCUT2D eigenvalue weighted by atomic mass is 16.5. The number of carbonyl (C=O) groups excluding carboxylic acids is 1. The number of aliphatic hydroxyl groups is 1. The van der Waals surface area contributed by atoms with Gasteiger partial charge in [-0.1, -0.05) is 13.0 Å². The lowest BCUT2D eigenvalue weighted by Crippen LogP contribution is -2.51. The lowest BCUT2D eigenvalue weighted by Gasteiger charge is -2.38. The van der Waals surface area contributed by atoms with Crippen molar-refractivity contribution in [3.05, 3.63) is 23.8 Å². The molecule has 1 aliphatic rings. The predicted molar refractivity (Wildman–Crippen MR) is 87.3 cm³/mol. The third kappa shape index (κ3) is 3.71. The Hall–Kier alpha value is -1.75. The third-order valence-electron chi connectivity index (χ3n) is 4.24. The van der Waals surface area contributed by atoms with Gasteiger partial charge in [-0.05, 0) is 50.3 Å². The SMILES string of the molecule is CCOc1cc(C)ccc1NC(=O)N1CCCC(C)C1CO. The van der Waals surface area contributed by atoms with Gasteiger partial charge < -0.3 is 20.1 Å². The summed E-state index contributed by atoms with van der Waals surface area (Å²) < 4.78 is 5.60. The molecule has 1 fully saturated rings. The summed E-state index contributed by atoms with van der Waals surface area (Å²) in [6.45, 7) is 7.21. The zero-order valence-electron chi connectivity index (χ0n) is 13.6. The fourth-order valence-corrected chi connectivity index (χ4v) is 2.97. The quantitative estimate of drug-likeness (QED) is 0.899. The Morgan fingerprint density at radius 3 is 2.95 bits per heavy atom. The average Bonchev–Trinajstić information content (AvgIpc) is 2.50. The molecular weight excluding hydrogens is 280 g/mol. The van der Waals surface area contributed by atoms with Crippen LogP contribution in [0.1, 0.15) is 32.3 Å². The monoisotopic (exact) mass is 306 g/mol. The van der Waals surface area contributed by atoms with Crippen molar-refractivity contribution in [2.75, 3.05) is 25.1 Å². The van der Waals surface area contributed by atoms with Crippen LogP contribution in [0.3, 0.4) is 0 Å². The van der Waals surface area contributed by atoms with Crippen molar-refractivity contribution in [3.63, 3.8) is 0 Å². The van der Waals surface area contributed by atoms with Gasteiger partial charge >= 0.3 is 6.03 Å². The molecule has 2 atom stereocenters. The minimum absolute atomic E-state index is 0.000795. The first kappa shape index (κ1) is 16.6. The minimum Gasteiger partial charge on any atom is -0.492 e. The van der Waals surface area contributed by atoms with Gasteiger partial charge in [-0.25, -0.2) is 4.79 Å². The minimum atomic E-state index is -0.171. The van der Waals surface area contributed by atoms with Crippen molar-refractivity contribution in [1.29, 1.82) is 0 Å². The summed E-state index contributed by atoms with van der Waals surface area (Å²) in [5.41, 5.74) is 1.76. The largest absolute Gasteiger partial charge is 0.492 e. The smallest absolute Gasteiger partial charge is 0.322 e. The zero-order valence-corrected chi connectivity index (χ0v) is 13.6. The number of hydrogen-bond acceptors (Lipinski definition) is 3. The third-order valence-corrected chi connectivity index (χ3v) is 4.24. The molecule has 2 rings (SSSR count). The molecule has 0 bridgehead atoms. The van der Waals surface area contributed by atoms with Crippen LogP contribution in [-0.2, 0) is 0 Å². The van der Waals surface area contributed by atoms with Gasteiger partial charge in [0.05, 0.1) is 24.9 Å². The number of hydrogen-bond donors (Lipinski definition) is 2. The molecule has 0 radical (unpaired) electrons. The van der Waals surface area contributed by atoms with E-state index < -0.39 is 0 Å². The van der Waals surface area contributed by atoms with E-state index >= 15 is 0 Å². The summed E-state index contributed by atoms with van der Waals surface area (Å²) >= 11 is 0. The van der Waals surface area contributed by atoms with Crippen LogP contribution in [0.4, 0.5) is 10.5 Å². The van der Waals surface area contributed by atoms with Gasteiger partial charge in [-0.3, -0.25) is 0 Å². The molecule has 1 aromatic rings. The summed E-state index contributed by atoms with van der Waals surface area (Å²) in [6, 6.07) is 5.44. The maximum absolute atomic E-state index is 12.6. The Labute approximate surface area is 132 Å². The predicted octanol–water partition coefficient (Wildman–Crippen LogP) is 3.02. The van der Waals surface area contributed by atoms with Crippen LogP contribution in [0.25, 0.3) is 0 Å². The maximum Gasteiger partial charge on any atom is 0.322 e. The number of ether oxygens (including phenoxy) is 1. The van der Waals surface area contributed by atoms with Crippen molar-refractivity contribution < 1.29 is 14.6 Å². The van der Waals surface area contributed by atoms with Crippen molar-refractivity contribution in [1.82, 2.24) is 4.90 Å². The molecule has 0 aliphatic carbocycles. The van der Waals surface area contributed by atoms with E-state index in [0.717, 1.165) is 18.4 Å². The van der Waals surface area contributed by atoms with E-state index in [4.69, 9.17) is 4.74 Å². The number of benzene rings is 1. The first-order valence-electron chi connectivity index (χ1n) is 7.98. The number of urea groups is 1. The summed E-state index contributed by atoms with van der Waals surface area (Å²) in [5.74, 6) is 0.996. The normalized spacial score (nSPS) is 21.5. The van der Waals surface area contributed by atoms with Gasteiger partial charge in [0.1, 0.15) is 5.75 Å². The second-order valence-corrected chi connectivity index (χ2v) is 5.93. The highest BCUT2D eigenvalue weighted by Crippen LogP contribution is 2.28. The van der Waals surface area contributed by atoms with E-state index in [1.54, 1.807) is 4.90 Å². The van der Waals surface area contributed by atoms with Gasteiger partial charge in [0.2, 0.25) is 0 Å². The van der Waals surface area contributed by atoms with Crippen LogP contribution in [0, 0.1) is 12.8 Å². The van der Waals surface area contributed by atoms with Gasteiger partial charge in [0.15, 0.2) is 0 Å². The lowest BCUT2D eigenvalue weighted by atomic mass is 9.91. The molecule has 0 saturated carbocycles. The molecule has 0 aromatic heterocycles. The number of anilines is 1. The summed E-state index contributed by atoms with van der Waals surface area (Å²) in [5, 5.41) is 12.5. The number of likely N-dealkylation sites (tertiary alicyclic amines) is 1. The number of nitrogens with zero attached hydrogens (tertiary/aromatic N) is 1. The van der Waals surface area contributed by atoms with Crippen molar-refractivity contribution >= 4 is 11.7 Å². The number of nitrogens with one attached hydrogen (secondary N) is 1. The molecule has 2 unspecified atom stereocenters. The number of piperidine rings is 1. The van der Waals surface area contributed by atoms with Crippen molar-refractivity contribution in [2.45, 2.75) is 39.7 Å². The maximum atomic E-state index is 12.6. The second kappa shape index (κ2) is 7.49. The Balaban J connectivity index is 2.14. The second-order valence-electron chi connectivity index (χ2n) is 5.93. The topological polar surface area (TPSA) is 61.8 Å². The average molecular weight is 306 g/mol. The van der Waals surface area contributed by atoms with Gasteiger partial charge in [-0.15, -0.1) is 0 Å². The van der Waals surface area contributed by atoms with Crippen LogP contribution in [-0.4, -0.2) is 41.8 Å². The molecule has 1 heterocycles. The molecule has 1 saturated heterocycles. The number of carbonyl (C=O) groups is 1. The zero-order chi connectivity index (χ0) is 16.1. The lowest BCUT2D eigenvalue weighted by molar-refractivity contribution is 0.0811. The Morgan fingerprint density at radius 2 is 2.27 bits per heavy atom. The van der Waals surface area contributed by atoms with E-state index in [-0.39, 0.29) is 18.7 Å². The molecule has 22 heavy (non-hydrogen) atoms. The van der Waals surface area contributed by atoms with Crippen LogP contribution >= 0.6 is 0 Å². The van der Waals surface area contributed by atoms with E-state index in [9.17, 15) is 9.90 Å². The number of aryl methyl sites for hydroxylation is 1. The Bertz CT molecular complexity index is 519. The molecule has 122 valence electrons. The molecule has 5 heteroatoms. The standard InChI is InChI=1S/C17H26N2O3/c1-4-22-16-10-12(2)7-8-14(16)18-17(21)19-9-5-6-13(3)15(19)11-20/h7-8,10,13,15,20H,4-6,9,11H2,1-3H3,(H,18,21). The van der Waals surface area contributed by atoms with Crippen LogP contribution < -0.4 is 10.1 Å². The summed E-state index contributed by atoms with van der Waals surface area (Å²) in [7, 11) is 0. The van der Waals surface area contributed by atoms with Crippen LogP contribution in [0.15, 0.2) is 18.2 Å². The summed E-state index contributed by atoms with van der Waals surface area (Å²) in [4.78, 5) is 14.3. The number of amides is 2. The van der Waals surface area contributed by atoms with Gasteiger partial charge in [0, 0.05) is 6.54 Å². The van der Waals surface area contributed by atoms with E-state index in [1.165, 1.54) is 0 Å². The Morgan fingerprint density at radius 1 is 1.50 bits per heavy atom. The number of aliphatic hydroxyl groups excluding tert-OH is 1.